The fourth-order valence-electron chi connectivity index (χ4n) is 0.896. The van der Waals surface area contributed by atoms with Crippen molar-refractivity contribution in [3.05, 3.63) is 28.8 Å². The standard InChI is InChI=1S/C9H6ClF2N3S/c1-16-9(14-4-13)15-5-2-6(10)8(12)7(11)3-5/h2-3H,1H3,(H,14,15). The monoisotopic (exact) mass is 261 g/mol. The number of hydrogen-bond donors (Lipinski definition) is 1. The Balaban J connectivity index is 3.11. The number of nitrogens with one attached hydrogen (secondary N) is 1. The number of aliphatic imine (C=N–C) groups is 1. The van der Waals surface area contributed by atoms with Gasteiger partial charge in [-0.1, -0.05) is 23.4 Å². The molecule has 0 bridgehead atoms. The summed E-state index contributed by atoms with van der Waals surface area (Å²) in [6.07, 6.45) is 3.36. The molecule has 7 heteroatoms. The van der Waals surface area contributed by atoms with Gasteiger partial charge in [-0.2, -0.15) is 5.26 Å². The van der Waals surface area contributed by atoms with Gasteiger partial charge in [-0.3, -0.25) is 5.32 Å². The molecule has 16 heavy (non-hydrogen) atoms. The predicted molar refractivity (Wildman–Crippen MR) is 60.7 cm³/mol. The highest BCUT2D eigenvalue weighted by atomic mass is 35.5. The molecule has 0 aromatic heterocycles. The van der Waals surface area contributed by atoms with E-state index in [1.807, 2.05) is 0 Å². The first-order valence-electron chi connectivity index (χ1n) is 4.00. The second kappa shape index (κ2) is 5.68. The van der Waals surface area contributed by atoms with E-state index in [1.54, 1.807) is 12.4 Å². The van der Waals surface area contributed by atoms with Gasteiger partial charge in [0.25, 0.3) is 0 Å². The van der Waals surface area contributed by atoms with Crippen LogP contribution in [0.15, 0.2) is 17.1 Å². The van der Waals surface area contributed by atoms with Crippen molar-refractivity contribution in [1.82, 2.24) is 5.32 Å². The minimum absolute atomic E-state index is 0.135. The van der Waals surface area contributed by atoms with Gasteiger partial charge in [0.15, 0.2) is 23.0 Å². The summed E-state index contributed by atoms with van der Waals surface area (Å²) in [5, 5.41) is 10.6. The minimum Gasteiger partial charge on any atom is -0.271 e. The van der Waals surface area contributed by atoms with Crippen LogP contribution in [0.1, 0.15) is 0 Å². The van der Waals surface area contributed by atoms with E-state index in [-0.39, 0.29) is 15.9 Å². The number of hydrogen-bond acceptors (Lipinski definition) is 3. The third-order valence-electron chi connectivity index (χ3n) is 1.56. The van der Waals surface area contributed by atoms with E-state index in [9.17, 15) is 8.78 Å². The van der Waals surface area contributed by atoms with Crippen LogP contribution in [-0.4, -0.2) is 11.4 Å². The molecule has 0 spiro atoms. The van der Waals surface area contributed by atoms with Gasteiger partial charge in [0.2, 0.25) is 0 Å². The maximum Gasteiger partial charge on any atom is 0.183 e. The van der Waals surface area contributed by atoms with Crippen molar-refractivity contribution in [2.24, 2.45) is 4.99 Å². The highest BCUT2D eigenvalue weighted by molar-refractivity contribution is 8.13. The van der Waals surface area contributed by atoms with Crippen LogP contribution in [0.4, 0.5) is 14.5 Å². The van der Waals surface area contributed by atoms with Gasteiger partial charge in [0.1, 0.15) is 0 Å². The van der Waals surface area contributed by atoms with E-state index in [2.05, 4.69) is 10.3 Å². The number of benzene rings is 1. The first-order chi connectivity index (χ1) is 7.58. The Morgan fingerprint density at radius 2 is 2.25 bits per heavy atom. The molecule has 0 amide bonds. The summed E-state index contributed by atoms with van der Waals surface area (Å²) in [4.78, 5) is 3.88. The molecule has 0 heterocycles. The van der Waals surface area contributed by atoms with Crippen LogP contribution in [0.2, 0.25) is 5.02 Å². The lowest BCUT2D eigenvalue weighted by Crippen LogP contribution is -2.12. The smallest absolute Gasteiger partial charge is 0.183 e. The van der Waals surface area contributed by atoms with Crippen molar-refractivity contribution >= 4 is 34.2 Å². The van der Waals surface area contributed by atoms with E-state index >= 15 is 0 Å². The van der Waals surface area contributed by atoms with Crippen LogP contribution in [0.25, 0.3) is 0 Å². The summed E-state index contributed by atoms with van der Waals surface area (Å²) in [7, 11) is 0. The Bertz CT molecular complexity index is 447. The Labute approximate surface area is 100 Å². The Hall–Kier alpha value is -1.32. The van der Waals surface area contributed by atoms with E-state index in [4.69, 9.17) is 16.9 Å². The van der Waals surface area contributed by atoms with Gasteiger partial charge in [0.05, 0.1) is 10.7 Å². The molecule has 0 aliphatic rings. The minimum atomic E-state index is -1.11. The lowest BCUT2D eigenvalue weighted by molar-refractivity contribution is 0.509. The predicted octanol–water partition coefficient (Wildman–Crippen LogP) is 3.04. The first kappa shape index (κ1) is 12.7. The number of amidine groups is 1. The second-order valence-corrected chi connectivity index (χ2v) is 3.78. The van der Waals surface area contributed by atoms with Crippen molar-refractivity contribution in [1.29, 1.82) is 5.26 Å². The fourth-order valence-corrected chi connectivity index (χ4v) is 1.44. The Morgan fingerprint density at radius 1 is 1.56 bits per heavy atom. The summed E-state index contributed by atoms with van der Waals surface area (Å²) < 4.78 is 25.8. The van der Waals surface area contributed by atoms with E-state index in [0.717, 1.165) is 17.8 Å². The largest absolute Gasteiger partial charge is 0.271 e. The number of rotatable bonds is 1. The molecule has 0 aliphatic carbocycles. The average molecular weight is 262 g/mol. The van der Waals surface area contributed by atoms with Crippen LogP contribution in [0.3, 0.4) is 0 Å². The molecule has 0 saturated carbocycles. The van der Waals surface area contributed by atoms with Gasteiger partial charge < -0.3 is 0 Å². The van der Waals surface area contributed by atoms with E-state index in [1.165, 1.54) is 6.07 Å². The molecule has 84 valence electrons. The van der Waals surface area contributed by atoms with Crippen molar-refractivity contribution in [3.63, 3.8) is 0 Å². The summed E-state index contributed by atoms with van der Waals surface area (Å²) >= 11 is 6.61. The molecule has 0 atom stereocenters. The van der Waals surface area contributed by atoms with Crippen LogP contribution >= 0.6 is 23.4 Å². The molecule has 1 N–H and O–H groups in total. The molecule has 0 fully saturated rings. The van der Waals surface area contributed by atoms with Crippen molar-refractivity contribution in [3.8, 4) is 6.19 Å². The first-order valence-corrected chi connectivity index (χ1v) is 5.61. The van der Waals surface area contributed by atoms with Crippen LogP contribution in [-0.2, 0) is 0 Å². The third-order valence-corrected chi connectivity index (χ3v) is 2.41. The molecule has 0 saturated heterocycles. The summed E-state index contributed by atoms with van der Waals surface area (Å²) in [6, 6.07) is 2.08. The maximum absolute atomic E-state index is 13.0. The van der Waals surface area contributed by atoms with Crippen molar-refractivity contribution in [2.45, 2.75) is 0 Å². The topological polar surface area (TPSA) is 48.2 Å². The average Bonchev–Trinajstić information content (AvgIpc) is 2.25. The van der Waals surface area contributed by atoms with Gasteiger partial charge in [-0.25, -0.2) is 13.8 Å². The third kappa shape index (κ3) is 3.08. The molecule has 0 aliphatic heterocycles. The summed E-state index contributed by atoms with van der Waals surface area (Å²) in [5.74, 6) is -2.19. The Kier molecular flexibility index (Phi) is 4.52. The normalized spacial score (nSPS) is 11.1. The van der Waals surface area contributed by atoms with Crippen molar-refractivity contribution in [2.75, 3.05) is 6.26 Å². The zero-order valence-electron chi connectivity index (χ0n) is 8.09. The lowest BCUT2D eigenvalue weighted by atomic mass is 10.3. The number of thioether (sulfide) groups is 1. The molecule has 3 nitrogen and oxygen atoms in total. The number of halogens is 3. The van der Waals surface area contributed by atoms with E-state index < -0.39 is 11.6 Å². The van der Waals surface area contributed by atoms with E-state index in [0.29, 0.717) is 0 Å². The second-order valence-electron chi connectivity index (χ2n) is 2.58. The fraction of sp³-hybridized carbons (Fsp3) is 0.111. The highest BCUT2D eigenvalue weighted by Crippen LogP contribution is 2.25. The maximum atomic E-state index is 13.0. The molecule has 1 aromatic carbocycles. The molecule has 0 radical (unpaired) electrons. The molecule has 1 aromatic rings. The summed E-state index contributed by atoms with van der Waals surface area (Å²) in [5.41, 5.74) is 0.135. The van der Waals surface area contributed by atoms with Crippen LogP contribution in [0.5, 0.6) is 0 Å². The summed E-state index contributed by atoms with van der Waals surface area (Å²) in [6.45, 7) is 0. The zero-order valence-corrected chi connectivity index (χ0v) is 9.66. The molecule has 1 rings (SSSR count). The van der Waals surface area contributed by atoms with Gasteiger partial charge in [-0.05, 0) is 12.3 Å². The van der Waals surface area contributed by atoms with Crippen LogP contribution in [0, 0.1) is 23.1 Å². The molecular weight excluding hydrogens is 256 g/mol. The SMILES string of the molecule is CSC(=Nc1cc(F)c(F)c(Cl)c1)NC#N. The van der Waals surface area contributed by atoms with Crippen molar-refractivity contribution < 1.29 is 8.78 Å². The van der Waals surface area contributed by atoms with Crippen LogP contribution < -0.4 is 5.32 Å². The number of nitriles is 1. The highest BCUT2D eigenvalue weighted by Gasteiger charge is 2.09. The Morgan fingerprint density at radius 3 is 2.75 bits per heavy atom. The van der Waals surface area contributed by atoms with Gasteiger partial charge >= 0.3 is 0 Å². The zero-order chi connectivity index (χ0) is 12.1. The quantitative estimate of drug-likeness (QED) is 0.278. The molecular formula is C9H6ClF2N3S. The molecule has 0 unspecified atom stereocenters. The number of nitrogens with zero attached hydrogens (tertiary/aromatic N) is 2. The lowest BCUT2D eigenvalue weighted by Gasteiger charge is -2.01. The van der Waals surface area contributed by atoms with Gasteiger partial charge in [-0.15, -0.1) is 0 Å². The van der Waals surface area contributed by atoms with Gasteiger partial charge in [0, 0.05) is 6.07 Å².